The number of nitrogen functional groups attached to an aromatic ring is 1. The average molecular weight is 355 g/mol. The summed E-state index contributed by atoms with van der Waals surface area (Å²) in [4.78, 5) is 37.9. The van der Waals surface area contributed by atoms with Crippen molar-refractivity contribution in [3.63, 3.8) is 0 Å². The molecule has 1 aromatic heterocycles. The molecule has 1 saturated heterocycles. The van der Waals surface area contributed by atoms with Crippen molar-refractivity contribution in [2.75, 3.05) is 11.1 Å². The molecule has 1 fully saturated rings. The van der Waals surface area contributed by atoms with Gasteiger partial charge in [0.25, 0.3) is 5.91 Å². The molecule has 1 aliphatic rings. The van der Waals surface area contributed by atoms with Gasteiger partial charge in [-0.2, -0.15) is 15.0 Å². The van der Waals surface area contributed by atoms with E-state index in [9.17, 15) is 9.59 Å². The van der Waals surface area contributed by atoms with Crippen LogP contribution in [0.4, 0.5) is 22.4 Å². The maximum atomic E-state index is 12.3. The van der Waals surface area contributed by atoms with E-state index in [1.807, 2.05) is 38.1 Å². The van der Waals surface area contributed by atoms with Crippen LogP contribution in [0.3, 0.4) is 0 Å². The lowest BCUT2D eigenvalue weighted by Crippen LogP contribution is -2.32. The summed E-state index contributed by atoms with van der Waals surface area (Å²) in [6.07, 6.45) is 1.40. The van der Waals surface area contributed by atoms with Crippen LogP contribution in [-0.2, 0) is 11.3 Å². The van der Waals surface area contributed by atoms with Gasteiger partial charge >= 0.3 is 6.03 Å². The topological polar surface area (TPSA) is 126 Å². The molecule has 0 radical (unpaired) electrons. The summed E-state index contributed by atoms with van der Waals surface area (Å²) in [5.74, 6) is 0.251. The normalized spacial score (nSPS) is 16.7. The summed E-state index contributed by atoms with van der Waals surface area (Å²) in [7, 11) is 0. The number of carbonyl (C=O) groups excluding carboxylic acids is 2. The molecule has 136 valence electrons. The number of anilines is 3. The summed E-state index contributed by atoms with van der Waals surface area (Å²) < 4.78 is 0. The van der Waals surface area contributed by atoms with Crippen molar-refractivity contribution in [3.05, 3.63) is 35.7 Å². The maximum absolute atomic E-state index is 12.3. The minimum Gasteiger partial charge on any atom is -0.368 e. The third-order valence-electron chi connectivity index (χ3n) is 4.07. The van der Waals surface area contributed by atoms with Crippen LogP contribution >= 0.6 is 0 Å². The van der Waals surface area contributed by atoms with Crippen LogP contribution in [0.25, 0.3) is 0 Å². The average Bonchev–Trinajstić information content (AvgIpc) is 2.84. The van der Waals surface area contributed by atoms with Gasteiger partial charge in [0.05, 0.1) is 6.54 Å². The molecule has 4 N–H and O–H groups in total. The smallest absolute Gasteiger partial charge is 0.325 e. The van der Waals surface area contributed by atoms with Crippen molar-refractivity contribution in [2.45, 2.75) is 39.3 Å². The third-order valence-corrected chi connectivity index (χ3v) is 4.07. The molecule has 2 heterocycles. The molecule has 1 atom stereocenters. The first kappa shape index (κ1) is 17.6. The van der Waals surface area contributed by atoms with E-state index >= 15 is 0 Å². The van der Waals surface area contributed by atoms with E-state index in [2.05, 4.69) is 25.6 Å². The van der Waals surface area contributed by atoms with Crippen LogP contribution < -0.4 is 16.4 Å². The second-order valence-corrected chi connectivity index (χ2v) is 6.09. The Balaban J connectivity index is 1.79. The molecule has 0 spiro atoms. The van der Waals surface area contributed by atoms with Gasteiger partial charge in [0.15, 0.2) is 5.82 Å². The highest BCUT2D eigenvalue weighted by molar-refractivity contribution is 6.04. The first-order chi connectivity index (χ1) is 12.5. The van der Waals surface area contributed by atoms with Crippen LogP contribution in [-0.4, -0.2) is 37.8 Å². The van der Waals surface area contributed by atoms with Crippen LogP contribution in [0.1, 0.15) is 31.2 Å². The lowest BCUT2D eigenvalue weighted by Gasteiger charge is -2.13. The monoisotopic (exact) mass is 355 g/mol. The molecule has 1 aliphatic heterocycles. The van der Waals surface area contributed by atoms with Crippen molar-refractivity contribution in [3.8, 4) is 0 Å². The summed E-state index contributed by atoms with van der Waals surface area (Å²) in [5, 5.41) is 5.75. The van der Waals surface area contributed by atoms with Crippen molar-refractivity contribution >= 4 is 29.5 Å². The highest BCUT2D eigenvalue weighted by Crippen LogP contribution is 2.19. The molecule has 0 aliphatic carbocycles. The number of nitrogens with zero attached hydrogens (tertiary/aromatic N) is 4. The summed E-state index contributed by atoms with van der Waals surface area (Å²) in [5.41, 5.74) is 7.62. The van der Waals surface area contributed by atoms with E-state index in [0.717, 1.165) is 22.6 Å². The number of hydrogen-bond donors (Lipinski definition) is 3. The van der Waals surface area contributed by atoms with Crippen LogP contribution in [0.15, 0.2) is 24.3 Å². The fraction of sp³-hybridized carbons (Fsp3) is 0.353. The Hall–Kier alpha value is -3.23. The van der Waals surface area contributed by atoms with E-state index in [-0.39, 0.29) is 30.2 Å². The Bertz CT molecular complexity index is 840. The predicted molar refractivity (Wildman–Crippen MR) is 96.5 cm³/mol. The number of imide groups is 1. The Labute approximate surface area is 151 Å². The van der Waals surface area contributed by atoms with Crippen molar-refractivity contribution in [1.82, 2.24) is 25.2 Å². The van der Waals surface area contributed by atoms with Crippen LogP contribution in [0.5, 0.6) is 0 Å². The molecule has 26 heavy (non-hydrogen) atoms. The Morgan fingerprint density at radius 1 is 1.23 bits per heavy atom. The molecule has 9 heteroatoms. The number of para-hydroxylation sites is 1. The number of nitrogens with two attached hydrogens (primary N) is 1. The SMILES string of the molecule is CCCC1NC(=O)N(Cc2nc(N)nc(Nc3ccccc3C)n2)C1=O. The van der Waals surface area contributed by atoms with Gasteiger partial charge in [-0.15, -0.1) is 0 Å². The van der Waals surface area contributed by atoms with E-state index in [1.165, 1.54) is 0 Å². The second-order valence-electron chi connectivity index (χ2n) is 6.09. The van der Waals surface area contributed by atoms with E-state index in [0.29, 0.717) is 6.42 Å². The van der Waals surface area contributed by atoms with Crippen molar-refractivity contribution < 1.29 is 9.59 Å². The molecular weight excluding hydrogens is 334 g/mol. The van der Waals surface area contributed by atoms with Gasteiger partial charge in [-0.05, 0) is 25.0 Å². The summed E-state index contributed by atoms with van der Waals surface area (Å²) >= 11 is 0. The zero-order valence-corrected chi connectivity index (χ0v) is 14.7. The predicted octanol–water partition coefficient (Wildman–Crippen LogP) is 1.73. The van der Waals surface area contributed by atoms with Gasteiger partial charge < -0.3 is 16.4 Å². The number of hydrogen-bond acceptors (Lipinski definition) is 7. The van der Waals surface area contributed by atoms with E-state index in [1.54, 1.807) is 0 Å². The minimum atomic E-state index is -0.490. The molecule has 0 saturated carbocycles. The Kier molecular flexibility index (Phi) is 4.97. The summed E-state index contributed by atoms with van der Waals surface area (Å²) in [6, 6.07) is 6.73. The van der Waals surface area contributed by atoms with Crippen molar-refractivity contribution in [2.24, 2.45) is 0 Å². The molecular formula is C17H21N7O2. The second kappa shape index (κ2) is 7.34. The van der Waals surface area contributed by atoms with Gasteiger partial charge in [-0.3, -0.25) is 9.69 Å². The van der Waals surface area contributed by atoms with Crippen LogP contribution in [0, 0.1) is 6.92 Å². The van der Waals surface area contributed by atoms with E-state index in [4.69, 9.17) is 5.73 Å². The summed E-state index contributed by atoms with van der Waals surface area (Å²) in [6.45, 7) is 3.85. The minimum absolute atomic E-state index is 0.0169. The number of rotatable bonds is 6. The number of nitrogens with one attached hydrogen (secondary N) is 2. The van der Waals surface area contributed by atoms with Gasteiger partial charge in [-0.25, -0.2) is 4.79 Å². The molecule has 3 rings (SSSR count). The zero-order valence-electron chi connectivity index (χ0n) is 14.7. The van der Waals surface area contributed by atoms with Gasteiger partial charge in [0.2, 0.25) is 11.9 Å². The number of benzene rings is 1. The quantitative estimate of drug-likeness (QED) is 0.674. The van der Waals surface area contributed by atoms with Gasteiger partial charge in [0, 0.05) is 5.69 Å². The number of carbonyl (C=O) groups is 2. The maximum Gasteiger partial charge on any atom is 0.325 e. The number of aryl methyl sites for hydroxylation is 1. The Morgan fingerprint density at radius 3 is 2.73 bits per heavy atom. The lowest BCUT2D eigenvalue weighted by atomic mass is 10.2. The number of aromatic nitrogens is 3. The first-order valence-electron chi connectivity index (χ1n) is 8.43. The standard InChI is InChI=1S/C17H21N7O2/c1-3-6-12-14(25)24(17(26)20-12)9-13-21-15(18)23-16(22-13)19-11-8-5-4-7-10(11)2/h4-5,7-8,12H,3,6,9H2,1-2H3,(H,20,26)(H3,18,19,21,22,23). The fourth-order valence-electron chi connectivity index (χ4n) is 2.75. The Morgan fingerprint density at radius 2 is 2.00 bits per heavy atom. The molecule has 1 unspecified atom stereocenters. The molecule has 2 aromatic rings. The highest BCUT2D eigenvalue weighted by Gasteiger charge is 2.37. The number of amides is 3. The molecule has 3 amide bonds. The van der Waals surface area contributed by atoms with Gasteiger partial charge in [0.1, 0.15) is 6.04 Å². The highest BCUT2D eigenvalue weighted by atomic mass is 16.2. The zero-order chi connectivity index (χ0) is 18.7. The van der Waals surface area contributed by atoms with E-state index < -0.39 is 12.1 Å². The number of urea groups is 1. The van der Waals surface area contributed by atoms with Crippen LogP contribution in [0.2, 0.25) is 0 Å². The van der Waals surface area contributed by atoms with Crippen molar-refractivity contribution in [1.29, 1.82) is 0 Å². The first-order valence-corrected chi connectivity index (χ1v) is 8.43. The molecule has 1 aromatic carbocycles. The lowest BCUT2D eigenvalue weighted by molar-refractivity contribution is -0.128. The fourth-order valence-corrected chi connectivity index (χ4v) is 2.75. The molecule has 9 nitrogen and oxygen atoms in total. The molecule has 0 bridgehead atoms. The van der Waals surface area contributed by atoms with Gasteiger partial charge in [-0.1, -0.05) is 31.5 Å². The third kappa shape index (κ3) is 3.71. The largest absolute Gasteiger partial charge is 0.368 e.